The van der Waals surface area contributed by atoms with Crippen molar-refractivity contribution in [1.29, 1.82) is 0 Å². The lowest BCUT2D eigenvalue weighted by Gasteiger charge is -2.31. The monoisotopic (exact) mass is 348 g/mol. The van der Waals surface area contributed by atoms with Gasteiger partial charge in [-0.3, -0.25) is 4.68 Å². The van der Waals surface area contributed by atoms with Crippen molar-refractivity contribution < 1.29 is 0 Å². The fraction of sp³-hybridized carbons (Fsp3) is 0.438. The molecule has 0 spiro atoms. The molecule has 1 aliphatic rings. The van der Waals surface area contributed by atoms with E-state index in [1.54, 1.807) is 0 Å². The number of aromatic nitrogens is 2. The molecule has 0 saturated carbocycles. The molecule has 1 aromatic heterocycles. The fourth-order valence-corrected chi connectivity index (χ4v) is 3.44. The maximum Gasteiger partial charge on any atom is 0.0739 e. The van der Waals surface area contributed by atoms with Gasteiger partial charge in [0.15, 0.2) is 0 Å². The highest BCUT2D eigenvalue weighted by Gasteiger charge is 2.21. The number of benzene rings is 1. The van der Waals surface area contributed by atoms with Crippen molar-refractivity contribution in [2.45, 2.75) is 39.8 Å². The first-order chi connectivity index (χ1) is 10.1. The number of aryl methyl sites for hydroxylation is 3. The minimum atomic E-state index is 0.833. The Morgan fingerprint density at radius 2 is 2.19 bits per heavy atom. The molecule has 3 rings (SSSR count). The number of nitrogen functional groups attached to an aromatic ring is 1. The van der Waals surface area contributed by atoms with Crippen molar-refractivity contribution in [3.05, 3.63) is 39.6 Å². The molecular weight excluding hydrogens is 328 g/mol. The maximum atomic E-state index is 5.97. The topological polar surface area (TPSA) is 47.1 Å². The molecule has 4 nitrogen and oxygen atoms in total. The standard InChI is InChI=1S/C16H21BrN4/c1-3-21-15(16(17)11(2)19-21)10-20-8-4-5-12-6-7-13(18)9-14(12)20/h6-7,9H,3-5,8,10,18H2,1-2H3. The highest BCUT2D eigenvalue weighted by atomic mass is 79.9. The summed E-state index contributed by atoms with van der Waals surface area (Å²) in [5.74, 6) is 0. The molecule has 0 unspecified atom stereocenters. The van der Waals surface area contributed by atoms with Gasteiger partial charge in [-0.1, -0.05) is 6.07 Å². The molecule has 0 radical (unpaired) electrons. The van der Waals surface area contributed by atoms with Crippen molar-refractivity contribution in [3.63, 3.8) is 0 Å². The van der Waals surface area contributed by atoms with E-state index in [0.717, 1.165) is 41.9 Å². The summed E-state index contributed by atoms with van der Waals surface area (Å²) in [4.78, 5) is 2.42. The number of fused-ring (bicyclic) bond motifs is 1. The Kier molecular flexibility index (Phi) is 3.93. The molecule has 2 heterocycles. The number of hydrogen-bond donors (Lipinski definition) is 1. The second-order valence-electron chi connectivity index (χ2n) is 5.58. The zero-order valence-corrected chi connectivity index (χ0v) is 14.2. The van der Waals surface area contributed by atoms with E-state index in [1.165, 1.54) is 23.4 Å². The quantitative estimate of drug-likeness (QED) is 0.863. The summed E-state index contributed by atoms with van der Waals surface area (Å²) in [7, 11) is 0. The molecule has 112 valence electrons. The lowest BCUT2D eigenvalue weighted by molar-refractivity contribution is 0.594. The third-order valence-corrected chi connectivity index (χ3v) is 5.15. The average Bonchev–Trinajstić information content (AvgIpc) is 2.75. The third kappa shape index (κ3) is 2.67. The van der Waals surface area contributed by atoms with E-state index in [1.807, 2.05) is 13.0 Å². The van der Waals surface area contributed by atoms with Crippen LogP contribution in [0.5, 0.6) is 0 Å². The van der Waals surface area contributed by atoms with E-state index in [9.17, 15) is 0 Å². The van der Waals surface area contributed by atoms with E-state index >= 15 is 0 Å². The van der Waals surface area contributed by atoms with Crippen LogP contribution in [0.15, 0.2) is 22.7 Å². The molecule has 0 aliphatic carbocycles. The van der Waals surface area contributed by atoms with Gasteiger partial charge in [-0.05, 0) is 60.3 Å². The highest BCUT2D eigenvalue weighted by Crippen LogP contribution is 2.32. The normalized spacial score (nSPS) is 14.3. The van der Waals surface area contributed by atoms with Crippen molar-refractivity contribution in [1.82, 2.24) is 9.78 Å². The zero-order chi connectivity index (χ0) is 15.0. The van der Waals surface area contributed by atoms with E-state index in [-0.39, 0.29) is 0 Å². The van der Waals surface area contributed by atoms with Crippen LogP contribution in [0, 0.1) is 6.92 Å². The van der Waals surface area contributed by atoms with E-state index in [4.69, 9.17) is 5.73 Å². The van der Waals surface area contributed by atoms with Gasteiger partial charge in [0.05, 0.1) is 22.4 Å². The summed E-state index contributed by atoms with van der Waals surface area (Å²) < 4.78 is 3.21. The molecular formula is C16H21BrN4. The Balaban J connectivity index is 1.95. The minimum absolute atomic E-state index is 0.833. The van der Waals surface area contributed by atoms with E-state index < -0.39 is 0 Å². The Morgan fingerprint density at radius 3 is 2.95 bits per heavy atom. The van der Waals surface area contributed by atoms with Crippen molar-refractivity contribution in [2.24, 2.45) is 0 Å². The first kappa shape index (κ1) is 14.4. The van der Waals surface area contributed by atoms with Crippen molar-refractivity contribution >= 4 is 27.3 Å². The van der Waals surface area contributed by atoms with Gasteiger partial charge < -0.3 is 10.6 Å². The van der Waals surface area contributed by atoms with E-state index in [2.05, 4.69) is 49.7 Å². The molecule has 0 saturated heterocycles. The van der Waals surface area contributed by atoms with Gasteiger partial charge in [-0.25, -0.2) is 0 Å². The number of halogens is 1. The summed E-state index contributed by atoms with van der Waals surface area (Å²) in [6, 6.07) is 6.26. The largest absolute Gasteiger partial charge is 0.399 e. The number of hydrogen-bond acceptors (Lipinski definition) is 3. The second kappa shape index (κ2) is 5.72. The first-order valence-electron chi connectivity index (χ1n) is 7.45. The van der Waals surface area contributed by atoms with Gasteiger partial charge in [0.2, 0.25) is 0 Å². The number of nitrogens with zero attached hydrogens (tertiary/aromatic N) is 3. The second-order valence-corrected chi connectivity index (χ2v) is 6.37. The molecule has 0 bridgehead atoms. The summed E-state index contributed by atoms with van der Waals surface area (Å²) in [5.41, 5.74) is 11.8. The molecule has 1 aliphatic heterocycles. The lowest BCUT2D eigenvalue weighted by atomic mass is 10.0. The third-order valence-electron chi connectivity index (χ3n) is 4.12. The number of nitrogens with two attached hydrogens (primary N) is 1. The van der Waals surface area contributed by atoms with Crippen LogP contribution in [0.4, 0.5) is 11.4 Å². The Labute approximate surface area is 134 Å². The summed E-state index contributed by atoms with van der Waals surface area (Å²) >= 11 is 3.69. The molecule has 0 fully saturated rings. The molecule has 21 heavy (non-hydrogen) atoms. The summed E-state index contributed by atoms with van der Waals surface area (Å²) in [5, 5.41) is 4.59. The predicted octanol–water partition coefficient (Wildman–Crippen LogP) is 3.51. The first-order valence-corrected chi connectivity index (χ1v) is 8.24. The number of anilines is 2. The average molecular weight is 349 g/mol. The van der Waals surface area contributed by atoms with Gasteiger partial charge >= 0.3 is 0 Å². The Bertz CT molecular complexity index is 663. The van der Waals surface area contributed by atoms with Gasteiger partial charge in [0.25, 0.3) is 0 Å². The van der Waals surface area contributed by atoms with Crippen LogP contribution in [0.1, 0.15) is 30.3 Å². The van der Waals surface area contributed by atoms with Crippen LogP contribution in [0.25, 0.3) is 0 Å². The Hall–Kier alpha value is -1.49. The predicted molar refractivity (Wildman–Crippen MR) is 90.6 cm³/mol. The molecule has 2 aromatic rings. The smallest absolute Gasteiger partial charge is 0.0739 e. The number of rotatable bonds is 3. The van der Waals surface area contributed by atoms with Crippen LogP contribution in [-0.4, -0.2) is 16.3 Å². The summed E-state index contributed by atoms with van der Waals surface area (Å²) in [6.45, 7) is 6.99. The molecule has 0 amide bonds. The van der Waals surface area contributed by atoms with Gasteiger partial charge in [0.1, 0.15) is 0 Å². The highest BCUT2D eigenvalue weighted by molar-refractivity contribution is 9.10. The minimum Gasteiger partial charge on any atom is -0.399 e. The molecule has 0 atom stereocenters. The lowest BCUT2D eigenvalue weighted by Crippen LogP contribution is -2.30. The van der Waals surface area contributed by atoms with Crippen LogP contribution in [0.3, 0.4) is 0 Å². The van der Waals surface area contributed by atoms with Crippen LogP contribution < -0.4 is 10.6 Å². The van der Waals surface area contributed by atoms with Crippen LogP contribution in [0.2, 0.25) is 0 Å². The van der Waals surface area contributed by atoms with Gasteiger partial charge in [-0.15, -0.1) is 0 Å². The Morgan fingerprint density at radius 1 is 1.38 bits per heavy atom. The van der Waals surface area contributed by atoms with E-state index in [0.29, 0.717) is 0 Å². The molecule has 1 aromatic carbocycles. The van der Waals surface area contributed by atoms with Crippen molar-refractivity contribution in [3.8, 4) is 0 Å². The van der Waals surface area contributed by atoms with Gasteiger partial charge in [-0.2, -0.15) is 5.10 Å². The van der Waals surface area contributed by atoms with Crippen LogP contribution >= 0.6 is 15.9 Å². The summed E-state index contributed by atoms with van der Waals surface area (Å²) in [6.07, 6.45) is 2.33. The molecule has 2 N–H and O–H groups in total. The van der Waals surface area contributed by atoms with Crippen molar-refractivity contribution in [2.75, 3.05) is 17.2 Å². The SMILES string of the molecule is CCn1nc(C)c(Br)c1CN1CCCc2ccc(N)cc21. The fourth-order valence-electron chi connectivity index (χ4n) is 3.03. The van der Waals surface area contributed by atoms with Crippen LogP contribution in [-0.2, 0) is 19.5 Å². The molecule has 5 heteroatoms. The zero-order valence-electron chi connectivity index (χ0n) is 12.6. The maximum absolute atomic E-state index is 5.97. The van der Waals surface area contributed by atoms with Gasteiger partial charge in [0, 0.05) is 24.5 Å².